The van der Waals surface area contributed by atoms with Crippen LogP contribution in [0.2, 0.25) is 0 Å². The number of ether oxygens (including phenoxy) is 1. The molecule has 0 bridgehead atoms. The zero-order valence-electron chi connectivity index (χ0n) is 14.1. The number of nitrogens with one attached hydrogen (secondary N) is 2. The molecule has 2 N–H and O–H groups in total. The maximum absolute atomic E-state index is 12.7. The van der Waals surface area contributed by atoms with E-state index in [2.05, 4.69) is 16.0 Å². The fourth-order valence-electron chi connectivity index (χ4n) is 2.34. The van der Waals surface area contributed by atoms with Gasteiger partial charge in [0.05, 0.1) is 30.2 Å². The number of methoxy groups -OCH3 is 1. The molecule has 3 aromatic rings. The number of benzene rings is 2. The topological polar surface area (TPSA) is 68.2 Å². The molecule has 0 aliphatic heterocycles. The Balaban J connectivity index is 1.76. The van der Waals surface area contributed by atoms with E-state index in [1.807, 2.05) is 18.2 Å². The number of amides is 1. The summed E-state index contributed by atoms with van der Waals surface area (Å²) in [6.45, 7) is 0. The molecule has 0 aliphatic rings. The molecule has 0 saturated carbocycles. The lowest BCUT2D eigenvalue weighted by Gasteiger charge is -2.11. The average Bonchev–Trinajstić information content (AvgIpc) is 3.11. The van der Waals surface area contributed by atoms with Gasteiger partial charge in [-0.25, -0.2) is 4.68 Å². The van der Waals surface area contributed by atoms with Crippen molar-refractivity contribution < 1.29 is 22.7 Å². The quantitative estimate of drug-likeness (QED) is 0.667. The Bertz CT molecular complexity index is 939. The van der Waals surface area contributed by atoms with E-state index in [-0.39, 0.29) is 17.1 Å². The molecule has 1 aromatic heterocycles. The van der Waals surface area contributed by atoms with Crippen molar-refractivity contribution in [2.75, 3.05) is 12.5 Å². The molecule has 9 heteroatoms. The highest BCUT2D eigenvalue weighted by molar-refractivity contribution is 5.95. The summed E-state index contributed by atoms with van der Waals surface area (Å²) in [5.74, 6) is -0.430. The van der Waals surface area contributed by atoms with Gasteiger partial charge in [0.15, 0.2) is 11.4 Å². The fourth-order valence-corrected chi connectivity index (χ4v) is 2.34. The van der Waals surface area contributed by atoms with E-state index >= 15 is 0 Å². The SMILES string of the molecule is COc1cn(-c2ccccc2)nc1C(=O)NNc1cccc(C(F)(F)F)c1. The van der Waals surface area contributed by atoms with Gasteiger partial charge in [-0.1, -0.05) is 24.3 Å². The molecule has 0 spiro atoms. The number of nitrogens with zero attached hydrogens (tertiary/aromatic N) is 2. The molecular weight excluding hydrogens is 361 g/mol. The number of aromatic nitrogens is 2. The predicted octanol–water partition coefficient (Wildman–Crippen LogP) is 3.66. The Morgan fingerprint density at radius 3 is 2.52 bits per heavy atom. The third kappa shape index (κ3) is 4.20. The molecule has 2 aromatic carbocycles. The molecule has 1 heterocycles. The Morgan fingerprint density at radius 1 is 1.11 bits per heavy atom. The molecule has 0 radical (unpaired) electrons. The molecule has 0 atom stereocenters. The van der Waals surface area contributed by atoms with Crippen LogP contribution in [0.15, 0.2) is 60.8 Å². The second kappa shape index (κ2) is 7.40. The summed E-state index contributed by atoms with van der Waals surface area (Å²) >= 11 is 0. The standard InChI is InChI=1S/C18H15F3N4O2/c1-27-15-11-25(14-8-3-2-4-9-14)24-16(15)17(26)23-22-13-7-5-6-12(10-13)18(19,20)21/h2-11,22H,1H3,(H,23,26). The van der Waals surface area contributed by atoms with Crippen LogP contribution in [0.3, 0.4) is 0 Å². The lowest BCUT2D eigenvalue weighted by Crippen LogP contribution is -2.30. The summed E-state index contributed by atoms with van der Waals surface area (Å²) in [5.41, 5.74) is 4.74. The lowest BCUT2D eigenvalue weighted by atomic mass is 10.2. The Labute approximate surface area is 152 Å². The molecule has 0 saturated heterocycles. The minimum absolute atomic E-state index is 0.0131. The summed E-state index contributed by atoms with van der Waals surface area (Å²) in [5, 5.41) is 4.18. The van der Waals surface area contributed by atoms with E-state index in [0.29, 0.717) is 0 Å². The van der Waals surface area contributed by atoms with E-state index in [1.54, 1.807) is 12.1 Å². The maximum Gasteiger partial charge on any atom is 0.416 e. The van der Waals surface area contributed by atoms with Crippen molar-refractivity contribution in [2.45, 2.75) is 6.18 Å². The van der Waals surface area contributed by atoms with Crippen molar-refractivity contribution in [3.8, 4) is 11.4 Å². The van der Waals surface area contributed by atoms with E-state index in [1.165, 1.54) is 30.1 Å². The van der Waals surface area contributed by atoms with Crippen LogP contribution < -0.4 is 15.6 Å². The third-order valence-electron chi connectivity index (χ3n) is 3.65. The number of hydrazine groups is 1. The van der Waals surface area contributed by atoms with Crippen LogP contribution in [0.1, 0.15) is 16.1 Å². The predicted molar refractivity (Wildman–Crippen MR) is 92.6 cm³/mol. The van der Waals surface area contributed by atoms with Gasteiger partial charge in [0.2, 0.25) is 0 Å². The highest BCUT2D eigenvalue weighted by atomic mass is 19.4. The smallest absolute Gasteiger partial charge is 0.416 e. The molecule has 0 fully saturated rings. The summed E-state index contributed by atoms with van der Waals surface area (Å²) in [4.78, 5) is 12.4. The zero-order chi connectivity index (χ0) is 19.4. The first-order valence-corrected chi connectivity index (χ1v) is 7.81. The number of alkyl halides is 3. The van der Waals surface area contributed by atoms with Crippen LogP contribution in [0.25, 0.3) is 5.69 Å². The second-order valence-corrected chi connectivity index (χ2v) is 5.48. The van der Waals surface area contributed by atoms with Gasteiger partial charge in [-0.2, -0.15) is 18.3 Å². The first-order chi connectivity index (χ1) is 12.9. The number of hydrogen-bond donors (Lipinski definition) is 2. The van der Waals surface area contributed by atoms with E-state index < -0.39 is 17.6 Å². The van der Waals surface area contributed by atoms with Gasteiger partial charge >= 0.3 is 6.18 Å². The molecular formula is C18H15F3N4O2. The van der Waals surface area contributed by atoms with Crippen molar-refractivity contribution >= 4 is 11.6 Å². The Morgan fingerprint density at radius 2 is 1.85 bits per heavy atom. The first kappa shape index (κ1) is 18.3. The van der Waals surface area contributed by atoms with E-state index in [9.17, 15) is 18.0 Å². The molecule has 6 nitrogen and oxygen atoms in total. The fraction of sp³-hybridized carbons (Fsp3) is 0.111. The number of carbonyl (C=O) groups is 1. The largest absolute Gasteiger partial charge is 0.493 e. The summed E-state index contributed by atoms with van der Waals surface area (Å²) in [6, 6.07) is 13.5. The molecule has 0 unspecified atom stereocenters. The van der Waals surface area contributed by atoms with E-state index in [0.717, 1.165) is 17.8 Å². The molecule has 27 heavy (non-hydrogen) atoms. The highest BCUT2D eigenvalue weighted by Gasteiger charge is 2.30. The number of hydrogen-bond acceptors (Lipinski definition) is 4. The lowest BCUT2D eigenvalue weighted by molar-refractivity contribution is -0.137. The molecule has 140 valence electrons. The minimum atomic E-state index is -4.47. The van der Waals surface area contributed by atoms with Crippen molar-refractivity contribution in [1.29, 1.82) is 0 Å². The molecule has 1 amide bonds. The van der Waals surface area contributed by atoms with E-state index in [4.69, 9.17) is 4.74 Å². The van der Waals surface area contributed by atoms with Crippen molar-refractivity contribution in [2.24, 2.45) is 0 Å². The third-order valence-corrected chi connectivity index (χ3v) is 3.65. The van der Waals surface area contributed by atoms with Crippen LogP contribution in [0, 0.1) is 0 Å². The van der Waals surface area contributed by atoms with Gasteiger partial charge in [-0.15, -0.1) is 0 Å². The van der Waals surface area contributed by atoms with Crippen molar-refractivity contribution in [3.05, 3.63) is 72.1 Å². The number of rotatable bonds is 5. The van der Waals surface area contributed by atoms with Crippen LogP contribution in [-0.2, 0) is 6.18 Å². The van der Waals surface area contributed by atoms with Crippen molar-refractivity contribution in [3.63, 3.8) is 0 Å². The zero-order valence-corrected chi connectivity index (χ0v) is 14.1. The van der Waals surface area contributed by atoms with Crippen LogP contribution in [-0.4, -0.2) is 22.8 Å². The number of para-hydroxylation sites is 1. The van der Waals surface area contributed by atoms with Gasteiger partial charge in [0, 0.05) is 0 Å². The Kier molecular flexibility index (Phi) is 5.02. The van der Waals surface area contributed by atoms with Gasteiger partial charge in [0.1, 0.15) is 0 Å². The average molecular weight is 376 g/mol. The molecule has 3 rings (SSSR count). The maximum atomic E-state index is 12.7. The number of halogens is 3. The monoisotopic (exact) mass is 376 g/mol. The summed E-state index contributed by atoms with van der Waals surface area (Å²) in [6.07, 6.45) is -2.94. The van der Waals surface area contributed by atoms with Crippen LogP contribution >= 0.6 is 0 Å². The Hall–Kier alpha value is -3.49. The van der Waals surface area contributed by atoms with Gasteiger partial charge in [-0.05, 0) is 30.3 Å². The highest BCUT2D eigenvalue weighted by Crippen LogP contribution is 2.30. The summed E-state index contributed by atoms with van der Waals surface area (Å²) in [7, 11) is 1.39. The minimum Gasteiger partial charge on any atom is -0.493 e. The van der Waals surface area contributed by atoms with Crippen molar-refractivity contribution in [1.82, 2.24) is 15.2 Å². The normalized spacial score (nSPS) is 11.1. The van der Waals surface area contributed by atoms with Crippen LogP contribution in [0.5, 0.6) is 5.75 Å². The molecule has 0 aliphatic carbocycles. The van der Waals surface area contributed by atoms with Gasteiger partial charge in [0.25, 0.3) is 5.91 Å². The van der Waals surface area contributed by atoms with Gasteiger partial charge < -0.3 is 4.74 Å². The number of anilines is 1. The summed E-state index contributed by atoms with van der Waals surface area (Å²) < 4.78 is 44.9. The second-order valence-electron chi connectivity index (χ2n) is 5.48. The first-order valence-electron chi connectivity index (χ1n) is 7.81. The van der Waals surface area contributed by atoms with Gasteiger partial charge in [-0.3, -0.25) is 15.6 Å². The number of carbonyl (C=O) groups excluding carboxylic acids is 1. The van der Waals surface area contributed by atoms with Crippen LogP contribution in [0.4, 0.5) is 18.9 Å².